The molecule has 0 spiro atoms. The van der Waals surface area contributed by atoms with Gasteiger partial charge in [0.15, 0.2) is 5.96 Å². The summed E-state index contributed by atoms with van der Waals surface area (Å²) < 4.78 is 5.27. The summed E-state index contributed by atoms with van der Waals surface area (Å²) in [5.41, 5.74) is 6.94. The summed E-state index contributed by atoms with van der Waals surface area (Å²) in [4.78, 5) is 11.0. The van der Waals surface area contributed by atoms with E-state index in [1.165, 1.54) is 12.8 Å². The van der Waals surface area contributed by atoms with Crippen LogP contribution in [0.2, 0.25) is 5.02 Å². The van der Waals surface area contributed by atoms with Gasteiger partial charge >= 0.3 is 0 Å². The van der Waals surface area contributed by atoms with Gasteiger partial charge in [0.05, 0.1) is 6.54 Å². The van der Waals surface area contributed by atoms with Crippen molar-refractivity contribution in [2.24, 2.45) is 16.6 Å². The zero-order valence-corrected chi connectivity index (χ0v) is 17.3. The lowest BCUT2D eigenvalue weighted by Gasteiger charge is -2.30. The summed E-state index contributed by atoms with van der Waals surface area (Å²) in [5, 5.41) is 4.67. The largest absolute Gasteiger partial charge is 0.370 e. The second-order valence-corrected chi connectivity index (χ2v) is 6.61. The fourth-order valence-corrected chi connectivity index (χ4v) is 2.80. The van der Waals surface area contributed by atoms with Gasteiger partial charge in [0.2, 0.25) is 11.7 Å². The minimum Gasteiger partial charge on any atom is -0.370 e. The molecule has 0 atom stereocenters. The fourth-order valence-electron chi connectivity index (χ4n) is 2.68. The summed E-state index contributed by atoms with van der Waals surface area (Å²) >= 11 is 5.88. The van der Waals surface area contributed by atoms with E-state index in [1.54, 1.807) is 12.1 Å². The normalized spacial score (nSPS) is 15.9. The van der Waals surface area contributed by atoms with Gasteiger partial charge in [0.25, 0.3) is 0 Å². The first kappa shape index (κ1) is 20.0. The van der Waals surface area contributed by atoms with Crippen molar-refractivity contribution < 1.29 is 4.52 Å². The van der Waals surface area contributed by atoms with E-state index in [-0.39, 0.29) is 24.0 Å². The summed E-state index contributed by atoms with van der Waals surface area (Å²) in [6, 6.07) is 7.34. The van der Waals surface area contributed by atoms with Crippen molar-refractivity contribution in [2.75, 3.05) is 19.6 Å². The lowest BCUT2D eigenvalue weighted by Crippen LogP contribution is -2.42. The molecule has 1 aromatic carbocycles. The van der Waals surface area contributed by atoms with E-state index in [9.17, 15) is 0 Å². The molecule has 2 aromatic rings. The summed E-state index contributed by atoms with van der Waals surface area (Å²) in [7, 11) is 0. The smallest absolute Gasteiger partial charge is 0.228 e. The van der Waals surface area contributed by atoms with Crippen LogP contribution in [0.5, 0.6) is 0 Å². The molecule has 0 aliphatic carbocycles. The Morgan fingerprint density at radius 2 is 2.00 bits per heavy atom. The Kier molecular flexibility index (Phi) is 7.49. The van der Waals surface area contributed by atoms with Crippen molar-refractivity contribution >= 4 is 41.5 Å². The van der Waals surface area contributed by atoms with E-state index >= 15 is 0 Å². The number of nitrogens with two attached hydrogens (primary N) is 1. The van der Waals surface area contributed by atoms with Gasteiger partial charge in [0.1, 0.15) is 0 Å². The van der Waals surface area contributed by atoms with Gasteiger partial charge in [-0.1, -0.05) is 23.7 Å². The fraction of sp³-hybridized carbons (Fsp3) is 0.471. The third-order valence-corrected chi connectivity index (χ3v) is 4.53. The highest BCUT2D eigenvalue weighted by atomic mass is 127. The predicted molar refractivity (Wildman–Crippen MR) is 110 cm³/mol. The highest BCUT2D eigenvalue weighted by molar-refractivity contribution is 14.0. The van der Waals surface area contributed by atoms with Crippen molar-refractivity contribution in [3.63, 3.8) is 0 Å². The van der Waals surface area contributed by atoms with Gasteiger partial charge in [-0.05, 0) is 43.0 Å². The molecule has 25 heavy (non-hydrogen) atoms. The molecule has 2 heterocycles. The van der Waals surface area contributed by atoms with Gasteiger partial charge in [-0.15, -0.1) is 24.0 Å². The Morgan fingerprint density at radius 1 is 1.32 bits per heavy atom. The number of piperidine rings is 1. The lowest BCUT2D eigenvalue weighted by molar-refractivity contribution is 0.277. The Labute approximate surface area is 169 Å². The van der Waals surface area contributed by atoms with Crippen LogP contribution >= 0.6 is 35.6 Å². The Bertz CT molecular complexity index is 695. The van der Waals surface area contributed by atoms with Gasteiger partial charge in [-0.2, -0.15) is 4.98 Å². The van der Waals surface area contributed by atoms with Crippen LogP contribution in [-0.4, -0.2) is 40.6 Å². The SMILES string of the molecule is CC1CCN(C(N)=NCCc2nc(-c3ccc(Cl)cc3)no2)CC1.I. The van der Waals surface area contributed by atoms with Crippen LogP contribution < -0.4 is 5.73 Å². The van der Waals surface area contributed by atoms with Crippen LogP contribution in [0.3, 0.4) is 0 Å². The molecular weight excluding hydrogens is 453 g/mol. The number of likely N-dealkylation sites (tertiary alicyclic amines) is 1. The first-order chi connectivity index (χ1) is 11.6. The molecule has 6 nitrogen and oxygen atoms in total. The molecule has 1 saturated heterocycles. The summed E-state index contributed by atoms with van der Waals surface area (Å²) in [6.07, 6.45) is 2.92. The highest BCUT2D eigenvalue weighted by Crippen LogP contribution is 2.19. The first-order valence-electron chi connectivity index (χ1n) is 8.25. The zero-order chi connectivity index (χ0) is 16.9. The monoisotopic (exact) mass is 475 g/mol. The van der Waals surface area contributed by atoms with Gasteiger partial charge in [-0.25, -0.2) is 0 Å². The van der Waals surface area contributed by atoms with E-state index < -0.39 is 0 Å². The van der Waals surface area contributed by atoms with Crippen LogP contribution in [0.15, 0.2) is 33.8 Å². The van der Waals surface area contributed by atoms with E-state index in [4.69, 9.17) is 21.9 Å². The van der Waals surface area contributed by atoms with Crippen LogP contribution in [0.25, 0.3) is 11.4 Å². The molecule has 8 heteroatoms. The maximum atomic E-state index is 6.07. The number of halogens is 2. The second kappa shape index (κ2) is 9.38. The molecule has 1 aliphatic rings. The Balaban J connectivity index is 0.00000225. The Hall–Kier alpha value is -1.35. The van der Waals surface area contributed by atoms with E-state index in [2.05, 4.69) is 27.0 Å². The minimum atomic E-state index is 0. The highest BCUT2D eigenvalue weighted by Gasteiger charge is 2.17. The van der Waals surface area contributed by atoms with Crippen LogP contribution in [0, 0.1) is 5.92 Å². The average Bonchev–Trinajstić information content (AvgIpc) is 3.05. The number of benzene rings is 1. The number of rotatable bonds is 4. The summed E-state index contributed by atoms with van der Waals surface area (Å²) in [6.45, 7) is 4.79. The molecule has 0 saturated carbocycles. The maximum Gasteiger partial charge on any atom is 0.228 e. The van der Waals surface area contributed by atoms with Crippen LogP contribution in [0.1, 0.15) is 25.7 Å². The number of hydrogen-bond donors (Lipinski definition) is 1. The van der Waals surface area contributed by atoms with E-state index in [1.807, 2.05) is 12.1 Å². The van der Waals surface area contributed by atoms with E-state index in [0.29, 0.717) is 35.7 Å². The average molecular weight is 476 g/mol. The molecule has 1 aliphatic heterocycles. The topological polar surface area (TPSA) is 80.5 Å². The molecule has 0 amide bonds. The van der Waals surface area contributed by atoms with Crippen LogP contribution in [0.4, 0.5) is 0 Å². The maximum absolute atomic E-state index is 6.07. The molecule has 2 N–H and O–H groups in total. The quantitative estimate of drug-likeness (QED) is 0.415. The molecule has 1 fully saturated rings. The molecule has 3 rings (SSSR count). The predicted octanol–water partition coefficient (Wildman–Crippen LogP) is 3.60. The number of aromatic nitrogens is 2. The summed E-state index contributed by atoms with van der Waals surface area (Å²) in [5.74, 6) is 2.51. The molecule has 136 valence electrons. The standard InChI is InChI=1S/C17H22ClN5O.HI/c1-12-7-10-23(11-8-12)17(19)20-9-6-15-21-16(22-24-15)13-2-4-14(18)5-3-13;/h2-5,12H,6-11H2,1H3,(H2,19,20);1H. The van der Waals surface area contributed by atoms with E-state index in [0.717, 1.165) is 24.6 Å². The molecule has 0 radical (unpaired) electrons. The van der Waals surface area contributed by atoms with Crippen molar-refractivity contribution in [1.82, 2.24) is 15.0 Å². The molecule has 0 bridgehead atoms. The zero-order valence-electron chi connectivity index (χ0n) is 14.2. The number of aliphatic imine (C=N–C) groups is 1. The number of hydrogen-bond acceptors (Lipinski definition) is 4. The number of guanidine groups is 1. The third kappa shape index (κ3) is 5.57. The second-order valence-electron chi connectivity index (χ2n) is 6.18. The van der Waals surface area contributed by atoms with Crippen molar-refractivity contribution in [1.29, 1.82) is 0 Å². The lowest BCUT2D eigenvalue weighted by atomic mass is 10.00. The van der Waals surface area contributed by atoms with Gasteiger partial charge < -0.3 is 15.2 Å². The molecule has 1 aromatic heterocycles. The Morgan fingerprint density at radius 3 is 2.68 bits per heavy atom. The van der Waals surface area contributed by atoms with Gasteiger partial charge in [-0.3, -0.25) is 4.99 Å². The molecular formula is C17H23ClIN5O. The first-order valence-corrected chi connectivity index (χ1v) is 8.63. The number of nitrogens with zero attached hydrogens (tertiary/aromatic N) is 4. The van der Waals surface area contributed by atoms with Crippen molar-refractivity contribution in [3.8, 4) is 11.4 Å². The van der Waals surface area contributed by atoms with Crippen molar-refractivity contribution in [2.45, 2.75) is 26.2 Å². The molecule has 0 unspecified atom stereocenters. The van der Waals surface area contributed by atoms with Crippen LogP contribution in [-0.2, 0) is 6.42 Å². The third-order valence-electron chi connectivity index (χ3n) is 4.28. The van der Waals surface area contributed by atoms with Gasteiger partial charge in [0, 0.05) is 30.1 Å². The van der Waals surface area contributed by atoms with Crippen molar-refractivity contribution in [3.05, 3.63) is 35.2 Å². The minimum absolute atomic E-state index is 0.